The molecule has 9 nitrogen and oxygen atoms in total. The van der Waals surface area contributed by atoms with Crippen LogP contribution in [0.3, 0.4) is 0 Å². The fourth-order valence-electron chi connectivity index (χ4n) is 4.33. The molecule has 2 N–H and O–H groups in total. The van der Waals surface area contributed by atoms with Gasteiger partial charge in [0.15, 0.2) is 11.6 Å². The zero-order valence-electron chi connectivity index (χ0n) is 22.0. The van der Waals surface area contributed by atoms with Gasteiger partial charge in [0.2, 0.25) is 5.65 Å². The van der Waals surface area contributed by atoms with Crippen molar-refractivity contribution in [2.24, 2.45) is 0 Å². The molecule has 0 spiro atoms. The predicted molar refractivity (Wildman–Crippen MR) is 144 cm³/mol. The summed E-state index contributed by atoms with van der Waals surface area (Å²) in [5, 5.41) is 16.5. The van der Waals surface area contributed by atoms with E-state index in [1.165, 1.54) is 61.7 Å². The first-order valence-electron chi connectivity index (χ1n) is 13.4. The van der Waals surface area contributed by atoms with Gasteiger partial charge in [-0.1, -0.05) is 64.7 Å². The molecule has 0 aliphatic rings. The van der Waals surface area contributed by atoms with E-state index < -0.39 is 15.8 Å². The lowest BCUT2D eigenvalue weighted by atomic mass is 10.1. The summed E-state index contributed by atoms with van der Waals surface area (Å²) in [6.07, 6.45) is 12.7. The molecule has 2 heterocycles. The number of fused-ring (bicyclic) bond motifs is 1. The molecule has 0 saturated carbocycles. The maximum Gasteiger partial charge on any atom is 0.335 e. The third kappa shape index (κ3) is 9.18. The molecule has 0 bridgehead atoms. The highest BCUT2D eigenvalue weighted by Gasteiger charge is 2.17. The summed E-state index contributed by atoms with van der Waals surface area (Å²) in [4.78, 5) is 15.6. The van der Waals surface area contributed by atoms with E-state index in [0.717, 1.165) is 25.0 Å². The molecule has 10 heteroatoms. The Balaban J connectivity index is 1.40. The summed E-state index contributed by atoms with van der Waals surface area (Å²) in [7, 11) is -3.08. The zero-order chi connectivity index (χ0) is 26.7. The zero-order valence-corrected chi connectivity index (χ0v) is 22.9. The highest BCUT2D eigenvalue weighted by molar-refractivity contribution is 7.91. The number of carbonyl (C=O) groups is 1. The van der Waals surface area contributed by atoms with Gasteiger partial charge in [0.05, 0.1) is 22.8 Å². The van der Waals surface area contributed by atoms with Crippen LogP contribution in [0.2, 0.25) is 0 Å². The van der Waals surface area contributed by atoms with E-state index in [0.29, 0.717) is 35.8 Å². The monoisotopic (exact) mass is 532 g/mol. The summed E-state index contributed by atoms with van der Waals surface area (Å²) in [6.45, 7) is 4.06. The number of aromatic amines is 1. The molecule has 0 aliphatic carbocycles. The number of rotatable bonds is 18. The van der Waals surface area contributed by atoms with Gasteiger partial charge in [-0.15, -0.1) is 9.73 Å². The second-order valence-corrected chi connectivity index (χ2v) is 12.0. The number of aromatic carboxylic acids is 1. The van der Waals surface area contributed by atoms with Crippen LogP contribution in [-0.2, 0) is 16.3 Å². The average molecular weight is 533 g/mol. The average Bonchev–Trinajstić information content (AvgIpc) is 3.37. The Morgan fingerprint density at radius 2 is 1.54 bits per heavy atom. The fraction of sp³-hybridized carbons (Fsp3) is 0.593. The van der Waals surface area contributed by atoms with Crippen molar-refractivity contribution in [2.45, 2.75) is 90.9 Å². The number of H-pyrrole nitrogens is 1. The van der Waals surface area contributed by atoms with Gasteiger partial charge in [-0.25, -0.2) is 18.2 Å². The van der Waals surface area contributed by atoms with Crippen molar-refractivity contribution in [2.75, 3.05) is 11.5 Å². The second-order valence-electron chi connectivity index (χ2n) is 9.70. The molecule has 3 aromatic rings. The number of aromatic nitrogens is 4. The van der Waals surface area contributed by atoms with Gasteiger partial charge in [0.25, 0.3) is 0 Å². The molecule has 204 valence electrons. The Kier molecular flexibility index (Phi) is 11.0. The Morgan fingerprint density at radius 1 is 0.946 bits per heavy atom. The van der Waals surface area contributed by atoms with Crippen LogP contribution in [0.15, 0.2) is 24.3 Å². The number of nitrogens with one attached hydrogen (secondary N) is 1. The quantitative estimate of drug-likeness (QED) is 0.189. The highest BCUT2D eigenvalue weighted by atomic mass is 32.2. The van der Waals surface area contributed by atoms with E-state index in [2.05, 4.69) is 22.1 Å². The van der Waals surface area contributed by atoms with Gasteiger partial charge < -0.3 is 9.84 Å². The first-order chi connectivity index (χ1) is 17.8. The third-order valence-electron chi connectivity index (χ3n) is 6.45. The third-order valence-corrected chi connectivity index (χ3v) is 8.28. The number of hydrogen-bond acceptors (Lipinski definition) is 6. The summed E-state index contributed by atoms with van der Waals surface area (Å²) in [5.41, 5.74) is 1.40. The number of benzene rings is 1. The summed E-state index contributed by atoms with van der Waals surface area (Å²) in [6, 6.07) is 6.12. The van der Waals surface area contributed by atoms with Crippen molar-refractivity contribution in [1.82, 2.24) is 19.8 Å². The van der Waals surface area contributed by atoms with Gasteiger partial charge in [-0.2, -0.15) is 0 Å². The molecule has 0 unspecified atom stereocenters. The Bertz CT molecular complexity index is 1230. The number of nitrogens with zero attached hydrogens (tertiary/aromatic N) is 3. The first-order valence-corrected chi connectivity index (χ1v) is 15.3. The van der Waals surface area contributed by atoms with Crippen LogP contribution >= 0.6 is 0 Å². The van der Waals surface area contributed by atoms with Crippen LogP contribution in [0.4, 0.5) is 0 Å². The minimum absolute atomic E-state index is 0.135. The van der Waals surface area contributed by atoms with E-state index >= 15 is 0 Å². The lowest BCUT2D eigenvalue weighted by Gasteiger charge is -2.05. The molecule has 0 amide bonds. The molecule has 3 rings (SSSR count). The van der Waals surface area contributed by atoms with Crippen molar-refractivity contribution >= 4 is 21.5 Å². The molecule has 0 saturated heterocycles. The van der Waals surface area contributed by atoms with Crippen LogP contribution in [0.5, 0.6) is 11.5 Å². The smallest absolute Gasteiger partial charge is 0.335 e. The van der Waals surface area contributed by atoms with E-state index in [9.17, 15) is 13.2 Å². The molecule has 0 aliphatic heterocycles. The lowest BCUT2D eigenvalue weighted by Crippen LogP contribution is -2.12. The largest absolute Gasteiger partial charge is 0.478 e. The van der Waals surface area contributed by atoms with Crippen LogP contribution in [0.1, 0.15) is 99.4 Å². The van der Waals surface area contributed by atoms with Crippen molar-refractivity contribution in [3.05, 3.63) is 41.3 Å². The van der Waals surface area contributed by atoms with Gasteiger partial charge in [-0.3, -0.25) is 5.10 Å². The Morgan fingerprint density at radius 3 is 2.16 bits per heavy atom. The summed E-state index contributed by atoms with van der Waals surface area (Å²) in [5.74, 6) is 0.910. The number of unbranched alkanes of at least 4 members (excludes halogenated alkanes) is 9. The van der Waals surface area contributed by atoms with E-state index in [1.807, 2.05) is 6.92 Å². The molecule has 37 heavy (non-hydrogen) atoms. The maximum atomic E-state index is 12.4. The number of hydrogen-bond donors (Lipinski definition) is 2. The lowest BCUT2D eigenvalue weighted by molar-refractivity contribution is 0.0697. The van der Waals surface area contributed by atoms with Crippen molar-refractivity contribution < 1.29 is 23.1 Å². The standard InChI is InChI=1S/C27H40N4O5S/c1-3-4-5-6-7-8-9-10-11-12-19-37(34,35)20-13-14-24-28-26-25(21(2)29-31(26)30-24)36-23-17-15-22(16-18-23)27(32)33/h15-18,29H,3-14,19-20H2,1-2H3,(H,32,33). The van der Waals surface area contributed by atoms with Crippen molar-refractivity contribution in [1.29, 1.82) is 0 Å². The predicted octanol–water partition coefficient (Wildman–Crippen LogP) is 6.12. The van der Waals surface area contributed by atoms with Crippen LogP contribution < -0.4 is 4.74 Å². The number of carboxylic acid groups (broad SMARTS) is 1. The molecule has 0 fully saturated rings. The Hall–Kier alpha value is -2.88. The van der Waals surface area contributed by atoms with Gasteiger partial charge in [-0.05, 0) is 44.0 Å². The number of ether oxygens (including phenoxy) is 1. The fourth-order valence-corrected chi connectivity index (χ4v) is 5.76. The highest BCUT2D eigenvalue weighted by Crippen LogP contribution is 2.29. The molecule has 2 aromatic heterocycles. The van der Waals surface area contributed by atoms with Gasteiger partial charge in [0, 0.05) is 6.42 Å². The normalized spacial score (nSPS) is 11.8. The van der Waals surface area contributed by atoms with Crippen LogP contribution in [0.25, 0.3) is 5.65 Å². The van der Waals surface area contributed by atoms with Gasteiger partial charge in [0.1, 0.15) is 15.6 Å². The number of sulfone groups is 1. The van der Waals surface area contributed by atoms with Crippen molar-refractivity contribution in [3.8, 4) is 11.5 Å². The summed E-state index contributed by atoms with van der Waals surface area (Å²) >= 11 is 0. The first kappa shape index (κ1) is 28.7. The van der Waals surface area contributed by atoms with E-state index in [4.69, 9.17) is 9.84 Å². The minimum Gasteiger partial charge on any atom is -0.478 e. The molecule has 0 radical (unpaired) electrons. The molecule has 1 aromatic carbocycles. The number of carboxylic acids is 1. The Labute approximate surface area is 219 Å². The van der Waals surface area contributed by atoms with E-state index in [-0.39, 0.29) is 17.1 Å². The van der Waals surface area contributed by atoms with Crippen LogP contribution in [-0.4, -0.2) is 50.8 Å². The number of aryl methyl sites for hydroxylation is 2. The van der Waals surface area contributed by atoms with Crippen molar-refractivity contribution in [3.63, 3.8) is 0 Å². The molecule has 0 atom stereocenters. The minimum atomic E-state index is -3.08. The SMILES string of the molecule is CCCCCCCCCCCCS(=O)(=O)CCCc1nc2c(Oc3ccc(C(=O)O)cc3)c(C)[nH]n2n1. The maximum absolute atomic E-state index is 12.4. The summed E-state index contributed by atoms with van der Waals surface area (Å²) < 4.78 is 32.3. The van der Waals surface area contributed by atoms with E-state index in [1.54, 1.807) is 12.1 Å². The molecular formula is C27H40N4O5S. The second kappa shape index (κ2) is 14.2. The van der Waals surface area contributed by atoms with Gasteiger partial charge >= 0.3 is 5.97 Å². The van der Waals surface area contributed by atoms with Crippen LogP contribution in [0, 0.1) is 6.92 Å². The topological polar surface area (TPSA) is 127 Å². The molecular weight excluding hydrogens is 492 g/mol.